The lowest BCUT2D eigenvalue weighted by Crippen LogP contribution is -2.33. The number of halogens is 3. The molecular weight excluding hydrogens is 989 g/mol. The van der Waals surface area contributed by atoms with Crippen molar-refractivity contribution in [3.8, 4) is 0 Å². The van der Waals surface area contributed by atoms with E-state index in [1.54, 1.807) is 85.9 Å². The van der Waals surface area contributed by atoms with Gasteiger partial charge in [0.05, 0.1) is 38.3 Å². The van der Waals surface area contributed by atoms with Crippen LogP contribution in [0.2, 0.25) is 10.0 Å². The van der Waals surface area contributed by atoms with E-state index >= 15 is 0 Å². The smallest absolute Gasteiger partial charge is 0.277 e. The minimum absolute atomic E-state index is 0.0181. The van der Waals surface area contributed by atoms with Crippen LogP contribution in [0.3, 0.4) is 0 Å². The zero-order valence-electron chi connectivity index (χ0n) is 37.9. The van der Waals surface area contributed by atoms with Gasteiger partial charge in [-0.05, 0) is 86.4 Å². The summed E-state index contributed by atoms with van der Waals surface area (Å²) < 4.78 is 61.0. The van der Waals surface area contributed by atoms with E-state index in [-0.39, 0.29) is 49.7 Å². The molecule has 0 radical (unpaired) electrons. The van der Waals surface area contributed by atoms with Crippen LogP contribution in [0.1, 0.15) is 79.1 Å². The number of ether oxygens (including phenoxy) is 1. The number of carbonyl (C=O) groups is 2. The number of amides is 1. The van der Waals surface area contributed by atoms with E-state index in [4.69, 9.17) is 32.8 Å². The molecule has 18 heteroatoms. The van der Waals surface area contributed by atoms with Crippen molar-refractivity contribution >= 4 is 82.2 Å². The monoisotopic (exact) mass is 1040 g/mol. The average molecular weight is 1040 g/mol. The van der Waals surface area contributed by atoms with E-state index < -0.39 is 25.8 Å². The first kappa shape index (κ1) is 53.4. The van der Waals surface area contributed by atoms with Gasteiger partial charge in [0.2, 0.25) is 5.78 Å². The molecule has 0 fully saturated rings. The molecule has 2 heterocycles. The molecule has 0 bridgehead atoms. The van der Waals surface area contributed by atoms with E-state index in [2.05, 4.69) is 51.4 Å². The van der Waals surface area contributed by atoms with Gasteiger partial charge in [0.15, 0.2) is 0 Å². The highest BCUT2D eigenvalue weighted by Gasteiger charge is 2.28. The van der Waals surface area contributed by atoms with Gasteiger partial charge < -0.3 is 4.74 Å². The number of sulfonamides is 2. The molecule has 13 nitrogen and oxygen atoms in total. The van der Waals surface area contributed by atoms with Crippen molar-refractivity contribution < 1.29 is 36.0 Å². The van der Waals surface area contributed by atoms with Gasteiger partial charge in [-0.2, -0.15) is 0 Å². The molecule has 0 atom stereocenters. The number of anilines is 2. The molecule has 0 aliphatic rings. The number of nitrogens with zero attached hydrogens (tertiary/aromatic N) is 4. The highest BCUT2D eigenvalue weighted by molar-refractivity contribution is 9.10. The molecule has 66 heavy (non-hydrogen) atoms. The third-order valence-electron chi connectivity index (χ3n) is 9.57. The first-order valence-electron chi connectivity index (χ1n) is 20.1. The molecule has 0 unspecified atom stereocenters. The lowest BCUT2D eigenvalue weighted by Gasteiger charge is -2.25. The van der Waals surface area contributed by atoms with Crippen LogP contribution in [0.5, 0.6) is 0 Å². The average Bonchev–Trinajstić information content (AvgIpc) is 3.28. The Morgan fingerprint density at radius 1 is 0.682 bits per heavy atom. The van der Waals surface area contributed by atoms with E-state index in [0.29, 0.717) is 26.4 Å². The van der Waals surface area contributed by atoms with Crippen LogP contribution in [-0.4, -0.2) is 71.6 Å². The van der Waals surface area contributed by atoms with Crippen molar-refractivity contribution in [1.82, 2.24) is 15.0 Å². The van der Waals surface area contributed by atoms with Crippen LogP contribution in [0, 0.1) is 0 Å². The fraction of sp³-hybridized carbons (Fsp3) is 0.250. The van der Waals surface area contributed by atoms with Gasteiger partial charge in [-0.15, -0.1) is 0 Å². The molecule has 0 aliphatic heterocycles. The summed E-state index contributed by atoms with van der Waals surface area (Å²) >= 11 is 15.3. The maximum absolute atomic E-state index is 13.1. The number of carbonyl (C=O) groups excluding carboxylic acids is 2. The van der Waals surface area contributed by atoms with Gasteiger partial charge in [-0.25, -0.2) is 36.2 Å². The standard InChI is InChI=1S/C22H21ClN2O3S.C17H20BrClN2O3S.C9H11NO2/c1-22(2,3)16-9-11-18(12-10-16)29(27,28)25-19-13-17(23)14-24-20(19)21(26)15-7-5-4-6-8-15;1-17(2,3)12-5-7-14(8-6-12)25(22,23)21(11-24-4)15-9-13(19)10-20-16(15)18;1-10(12-2)9(11)8-6-4-3-5-7-8/h4-14,25H,1-3H3;5-10H,11H2,1-4H3;3-7H,1-2H3. The summed E-state index contributed by atoms with van der Waals surface area (Å²) in [5.74, 6) is -0.541. The molecule has 6 rings (SSSR count). The zero-order valence-corrected chi connectivity index (χ0v) is 42.6. The number of aromatic nitrogens is 2. The third-order valence-corrected chi connectivity index (χ3v) is 13.7. The molecule has 1 amide bonds. The summed E-state index contributed by atoms with van der Waals surface area (Å²) in [4.78, 5) is 37.3. The number of hydroxylamine groups is 2. The van der Waals surface area contributed by atoms with Crippen molar-refractivity contribution in [3.05, 3.63) is 176 Å². The second-order valence-electron chi connectivity index (χ2n) is 16.5. The Morgan fingerprint density at radius 3 is 1.64 bits per heavy atom. The highest BCUT2D eigenvalue weighted by Crippen LogP contribution is 2.33. The second-order valence-corrected chi connectivity index (χ2v) is 21.7. The highest BCUT2D eigenvalue weighted by atomic mass is 79.9. The number of rotatable bonds is 12. The molecule has 0 spiro atoms. The van der Waals surface area contributed by atoms with Crippen LogP contribution in [-0.2, 0) is 40.5 Å². The molecule has 1 N–H and O–H groups in total. The van der Waals surface area contributed by atoms with Crippen LogP contribution in [0.4, 0.5) is 11.4 Å². The van der Waals surface area contributed by atoms with E-state index in [0.717, 1.165) is 15.4 Å². The topological polar surface area (TPSA) is 165 Å². The van der Waals surface area contributed by atoms with Crippen molar-refractivity contribution in [2.75, 3.05) is 37.0 Å². The van der Waals surface area contributed by atoms with Crippen LogP contribution in [0.15, 0.2) is 148 Å². The lowest BCUT2D eigenvalue weighted by atomic mass is 9.87. The Kier molecular flexibility index (Phi) is 18.6. The first-order chi connectivity index (χ1) is 30.9. The lowest BCUT2D eigenvalue weighted by molar-refractivity contribution is -0.0756. The van der Waals surface area contributed by atoms with Crippen molar-refractivity contribution in [2.45, 2.75) is 62.2 Å². The molecule has 4 aromatic carbocycles. The summed E-state index contributed by atoms with van der Waals surface area (Å²) in [6.45, 7) is 12.2. The fourth-order valence-electron chi connectivity index (χ4n) is 5.83. The summed E-state index contributed by atoms with van der Waals surface area (Å²) in [5.41, 5.74) is 3.27. The maximum Gasteiger partial charge on any atom is 0.277 e. The summed E-state index contributed by atoms with van der Waals surface area (Å²) in [6, 6.07) is 33.9. The van der Waals surface area contributed by atoms with Crippen LogP contribution in [0.25, 0.3) is 0 Å². The van der Waals surface area contributed by atoms with Crippen molar-refractivity contribution in [3.63, 3.8) is 0 Å². The van der Waals surface area contributed by atoms with E-state index in [1.165, 1.54) is 43.8 Å². The van der Waals surface area contributed by atoms with Crippen LogP contribution >= 0.6 is 39.1 Å². The number of pyridine rings is 2. The molecular formula is C48H52BrCl2N5O8S2. The Hall–Kier alpha value is -5.20. The van der Waals surface area contributed by atoms with Gasteiger partial charge >= 0.3 is 0 Å². The fourth-order valence-corrected chi connectivity index (χ4v) is 9.13. The third kappa shape index (κ3) is 14.4. The van der Waals surface area contributed by atoms with Gasteiger partial charge in [0.1, 0.15) is 17.0 Å². The molecule has 2 aromatic heterocycles. The molecule has 0 saturated heterocycles. The number of nitrogens with one attached hydrogen (secondary N) is 1. The quantitative estimate of drug-likeness (QED) is 0.0540. The SMILES string of the molecule is CC(C)(C)c1ccc(S(=O)(=O)Nc2cc(Cl)cnc2C(=O)c2ccccc2)cc1.COCN(c1cc(Cl)cnc1Br)S(=O)(=O)c1ccc(C(C)(C)C)cc1.CON(C)C(=O)c1ccccc1. The molecule has 6 aromatic rings. The molecule has 0 saturated carbocycles. The normalized spacial score (nSPS) is 11.6. The Balaban J connectivity index is 0.000000234. The first-order valence-corrected chi connectivity index (χ1v) is 24.6. The van der Waals surface area contributed by atoms with Gasteiger partial charge in [0.25, 0.3) is 26.0 Å². The summed E-state index contributed by atoms with van der Waals surface area (Å²) in [6.07, 6.45) is 2.75. The van der Waals surface area contributed by atoms with E-state index in [1.807, 2.05) is 51.1 Å². The second kappa shape index (κ2) is 23.0. The predicted molar refractivity (Wildman–Crippen MR) is 264 cm³/mol. The Morgan fingerprint density at radius 2 is 1.15 bits per heavy atom. The maximum atomic E-state index is 13.1. The van der Waals surface area contributed by atoms with Crippen molar-refractivity contribution in [1.29, 1.82) is 0 Å². The van der Waals surface area contributed by atoms with Gasteiger partial charge in [-0.3, -0.25) is 19.1 Å². The largest absolute Gasteiger partial charge is 0.363 e. The van der Waals surface area contributed by atoms with E-state index in [9.17, 15) is 26.4 Å². The Labute approximate surface area is 406 Å². The minimum atomic E-state index is -3.93. The van der Waals surface area contributed by atoms with Gasteiger partial charge in [-0.1, -0.05) is 138 Å². The summed E-state index contributed by atoms with van der Waals surface area (Å²) in [7, 11) is -3.30. The van der Waals surface area contributed by atoms with Gasteiger partial charge in [0, 0.05) is 37.7 Å². The number of ketones is 1. The predicted octanol–water partition coefficient (Wildman–Crippen LogP) is 11.0. The number of benzene rings is 4. The minimum Gasteiger partial charge on any atom is -0.363 e. The summed E-state index contributed by atoms with van der Waals surface area (Å²) in [5, 5.41) is 1.74. The van der Waals surface area contributed by atoms with Crippen molar-refractivity contribution in [2.24, 2.45) is 0 Å². The Bertz CT molecular complexity index is 2810. The zero-order chi connectivity index (χ0) is 49.0. The number of hydrogen-bond donors (Lipinski definition) is 1. The van der Waals surface area contributed by atoms with Crippen LogP contribution < -0.4 is 9.03 Å². The number of hydrogen-bond acceptors (Lipinski definition) is 10. The molecule has 350 valence electrons. The molecule has 0 aliphatic carbocycles. The number of methoxy groups -OCH3 is 1.